The Balaban J connectivity index is 2.38. The molecule has 0 bridgehead atoms. The number of halogens is 3. The van der Waals surface area contributed by atoms with E-state index in [1.54, 1.807) is 22.7 Å². The highest BCUT2D eigenvalue weighted by Gasteiger charge is 2.18. The van der Waals surface area contributed by atoms with Gasteiger partial charge in [0.1, 0.15) is 0 Å². The van der Waals surface area contributed by atoms with Crippen molar-refractivity contribution in [3.63, 3.8) is 0 Å². The topological polar surface area (TPSA) is 26.0 Å². The van der Waals surface area contributed by atoms with Crippen LogP contribution in [-0.2, 0) is 0 Å². The average Bonchev–Trinajstić information content (AvgIpc) is 2.70. The Kier molecular flexibility index (Phi) is 4.30. The molecule has 0 aliphatic heterocycles. The SMILES string of the molecule is Cc1cc(Br)c(C(N)c2cc(Br)c(Br)s2)s1. The normalized spacial score (nSPS) is 13.1. The largest absolute Gasteiger partial charge is 0.319 e. The second-order valence-electron chi connectivity index (χ2n) is 3.32. The lowest BCUT2D eigenvalue weighted by Gasteiger charge is -2.07. The zero-order chi connectivity index (χ0) is 11.9. The van der Waals surface area contributed by atoms with Gasteiger partial charge in [-0.15, -0.1) is 22.7 Å². The van der Waals surface area contributed by atoms with Gasteiger partial charge in [0.2, 0.25) is 0 Å². The number of hydrogen-bond acceptors (Lipinski definition) is 3. The Morgan fingerprint density at radius 2 is 1.81 bits per heavy atom. The number of thiophene rings is 2. The maximum Gasteiger partial charge on any atom is 0.0843 e. The van der Waals surface area contributed by atoms with Crippen molar-refractivity contribution in [2.45, 2.75) is 13.0 Å². The summed E-state index contributed by atoms with van der Waals surface area (Å²) in [5.74, 6) is 0. The third-order valence-corrected chi connectivity index (χ3v) is 7.48. The van der Waals surface area contributed by atoms with Crippen LogP contribution in [0.25, 0.3) is 0 Å². The van der Waals surface area contributed by atoms with Gasteiger partial charge in [0, 0.05) is 23.6 Å². The predicted octanol–water partition coefficient (Wildman–Crippen LogP) is 5.45. The molecular weight excluding hydrogens is 438 g/mol. The minimum absolute atomic E-state index is 0.0549. The van der Waals surface area contributed by atoms with E-state index in [2.05, 4.69) is 66.8 Å². The number of aryl methyl sites for hydroxylation is 1. The fourth-order valence-corrected chi connectivity index (χ4v) is 5.45. The third-order valence-electron chi connectivity index (χ3n) is 2.09. The average molecular weight is 446 g/mol. The van der Waals surface area contributed by atoms with Crippen molar-refractivity contribution >= 4 is 70.5 Å². The van der Waals surface area contributed by atoms with Gasteiger partial charge in [-0.2, -0.15) is 0 Å². The summed E-state index contributed by atoms with van der Waals surface area (Å²) in [4.78, 5) is 3.60. The van der Waals surface area contributed by atoms with Gasteiger partial charge in [-0.05, 0) is 66.8 Å². The maximum atomic E-state index is 6.26. The van der Waals surface area contributed by atoms with Gasteiger partial charge in [0.25, 0.3) is 0 Å². The van der Waals surface area contributed by atoms with Crippen LogP contribution >= 0.6 is 70.5 Å². The molecule has 0 saturated carbocycles. The molecule has 0 radical (unpaired) electrons. The fraction of sp³-hybridized carbons (Fsp3) is 0.200. The smallest absolute Gasteiger partial charge is 0.0843 e. The monoisotopic (exact) mass is 443 g/mol. The molecule has 1 nitrogen and oxygen atoms in total. The van der Waals surface area contributed by atoms with Crippen molar-refractivity contribution in [3.05, 3.63) is 39.5 Å². The molecule has 2 aromatic rings. The number of hydrogen-bond donors (Lipinski definition) is 1. The van der Waals surface area contributed by atoms with E-state index in [1.165, 1.54) is 9.75 Å². The molecule has 0 aromatic carbocycles. The van der Waals surface area contributed by atoms with E-state index in [1.807, 2.05) is 0 Å². The molecule has 0 spiro atoms. The van der Waals surface area contributed by atoms with E-state index >= 15 is 0 Å². The van der Waals surface area contributed by atoms with Crippen molar-refractivity contribution in [2.24, 2.45) is 5.73 Å². The summed E-state index contributed by atoms with van der Waals surface area (Å²) in [6.45, 7) is 2.09. The molecule has 0 amide bonds. The second kappa shape index (κ2) is 5.20. The van der Waals surface area contributed by atoms with E-state index in [-0.39, 0.29) is 6.04 Å². The molecule has 2 aromatic heterocycles. The highest BCUT2D eigenvalue weighted by molar-refractivity contribution is 9.13. The Hall–Kier alpha value is 0.800. The van der Waals surface area contributed by atoms with E-state index in [0.29, 0.717) is 0 Å². The molecular formula is C10H8Br3NS2. The van der Waals surface area contributed by atoms with E-state index in [0.717, 1.165) is 17.6 Å². The van der Waals surface area contributed by atoms with Crippen LogP contribution in [0.2, 0.25) is 0 Å². The molecule has 6 heteroatoms. The molecule has 86 valence electrons. The van der Waals surface area contributed by atoms with Crippen molar-refractivity contribution in [1.29, 1.82) is 0 Å². The molecule has 2 rings (SSSR count). The predicted molar refractivity (Wildman–Crippen MR) is 82.5 cm³/mol. The number of nitrogens with two attached hydrogens (primary N) is 1. The van der Waals surface area contributed by atoms with Gasteiger partial charge in [-0.1, -0.05) is 0 Å². The highest BCUT2D eigenvalue weighted by atomic mass is 79.9. The lowest BCUT2D eigenvalue weighted by Crippen LogP contribution is -2.08. The minimum atomic E-state index is -0.0549. The maximum absolute atomic E-state index is 6.26. The van der Waals surface area contributed by atoms with Crippen molar-refractivity contribution in [3.8, 4) is 0 Å². The van der Waals surface area contributed by atoms with Crippen molar-refractivity contribution in [2.75, 3.05) is 0 Å². The van der Waals surface area contributed by atoms with E-state index in [9.17, 15) is 0 Å². The van der Waals surface area contributed by atoms with Crippen LogP contribution in [0.5, 0.6) is 0 Å². The van der Waals surface area contributed by atoms with Crippen LogP contribution in [0.15, 0.2) is 24.9 Å². The summed E-state index contributed by atoms with van der Waals surface area (Å²) in [5, 5.41) is 0. The van der Waals surface area contributed by atoms with Gasteiger partial charge in [-0.25, -0.2) is 0 Å². The lowest BCUT2D eigenvalue weighted by molar-refractivity contribution is 0.912. The molecule has 0 fully saturated rings. The first kappa shape index (κ1) is 13.2. The molecule has 0 saturated heterocycles. The van der Waals surface area contributed by atoms with E-state index in [4.69, 9.17) is 5.73 Å². The van der Waals surface area contributed by atoms with Crippen LogP contribution in [0.4, 0.5) is 0 Å². The fourth-order valence-electron chi connectivity index (χ4n) is 1.36. The standard InChI is InChI=1S/C10H8Br3NS2/c1-4-2-5(11)9(15-4)8(14)7-3-6(12)10(13)16-7/h2-3,8H,14H2,1H3. The summed E-state index contributed by atoms with van der Waals surface area (Å²) in [6.07, 6.45) is 0. The number of rotatable bonds is 2. The summed E-state index contributed by atoms with van der Waals surface area (Å²) in [7, 11) is 0. The first-order valence-electron chi connectivity index (χ1n) is 4.45. The minimum Gasteiger partial charge on any atom is -0.319 e. The Morgan fingerprint density at radius 3 is 2.25 bits per heavy atom. The van der Waals surface area contributed by atoms with Gasteiger partial charge in [0.15, 0.2) is 0 Å². The zero-order valence-electron chi connectivity index (χ0n) is 8.26. The Bertz CT molecular complexity index is 499. The molecule has 1 atom stereocenters. The molecule has 16 heavy (non-hydrogen) atoms. The quantitative estimate of drug-likeness (QED) is 0.653. The van der Waals surface area contributed by atoms with Gasteiger partial charge in [0.05, 0.1) is 9.83 Å². The van der Waals surface area contributed by atoms with Gasteiger partial charge in [-0.3, -0.25) is 0 Å². The third kappa shape index (κ3) is 2.62. The summed E-state index contributed by atoms with van der Waals surface area (Å²) < 4.78 is 3.25. The zero-order valence-corrected chi connectivity index (χ0v) is 14.7. The Labute approximate surface area is 127 Å². The molecule has 2 heterocycles. The summed E-state index contributed by atoms with van der Waals surface area (Å²) in [5.41, 5.74) is 6.26. The van der Waals surface area contributed by atoms with Crippen LogP contribution in [0, 0.1) is 6.92 Å². The van der Waals surface area contributed by atoms with Crippen LogP contribution in [0.1, 0.15) is 20.7 Å². The first-order valence-corrected chi connectivity index (χ1v) is 8.46. The van der Waals surface area contributed by atoms with Gasteiger partial charge >= 0.3 is 0 Å². The van der Waals surface area contributed by atoms with Crippen molar-refractivity contribution < 1.29 is 0 Å². The molecule has 0 aliphatic rings. The van der Waals surface area contributed by atoms with Crippen LogP contribution < -0.4 is 5.73 Å². The Morgan fingerprint density at radius 1 is 1.12 bits per heavy atom. The second-order valence-corrected chi connectivity index (χ2v) is 8.72. The van der Waals surface area contributed by atoms with Crippen LogP contribution in [-0.4, -0.2) is 0 Å². The van der Waals surface area contributed by atoms with Crippen LogP contribution in [0.3, 0.4) is 0 Å². The molecule has 1 unspecified atom stereocenters. The van der Waals surface area contributed by atoms with E-state index < -0.39 is 0 Å². The summed E-state index contributed by atoms with van der Waals surface area (Å²) >= 11 is 13.9. The summed E-state index contributed by atoms with van der Waals surface area (Å²) in [6, 6.07) is 4.12. The highest BCUT2D eigenvalue weighted by Crippen LogP contribution is 2.40. The van der Waals surface area contributed by atoms with Gasteiger partial charge < -0.3 is 5.73 Å². The molecule has 0 aliphatic carbocycles. The lowest BCUT2D eigenvalue weighted by atomic mass is 10.2. The van der Waals surface area contributed by atoms with Crippen molar-refractivity contribution in [1.82, 2.24) is 0 Å². The first-order chi connectivity index (χ1) is 7.49. The molecule has 2 N–H and O–H groups in total.